The van der Waals surface area contributed by atoms with Crippen molar-refractivity contribution < 1.29 is 19.2 Å². The molecule has 0 bridgehead atoms. The van der Waals surface area contributed by atoms with Crippen LogP contribution in [0.3, 0.4) is 0 Å². The van der Waals surface area contributed by atoms with Crippen LogP contribution in [0.15, 0.2) is 103 Å². The Morgan fingerprint density at radius 1 is 0.686 bits per heavy atom. The van der Waals surface area contributed by atoms with Crippen molar-refractivity contribution in [2.24, 2.45) is 0 Å². The number of benzene rings is 4. The molecule has 0 spiro atoms. The van der Waals surface area contributed by atoms with Crippen LogP contribution in [0, 0.1) is 0 Å². The standard InChI is InChI=1S/C29H22N2O4/c32-27(30-35-19-20-9-3-1-4-10-20)23-16-15-21(17-26(23)22-11-5-2-6-12-22)18-31-28(33)24-13-7-8-14-25(24)29(31)34/h1-17H,18-19H2,(H,30,32). The Balaban J connectivity index is 1.39. The highest BCUT2D eigenvalue weighted by Crippen LogP contribution is 2.28. The molecular formula is C29H22N2O4. The predicted octanol–water partition coefficient (Wildman–Crippen LogP) is 5.01. The fraction of sp³-hybridized carbons (Fsp3) is 0.0690. The molecule has 0 unspecified atom stereocenters. The van der Waals surface area contributed by atoms with Gasteiger partial charge in [-0.25, -0.2) is 5.48 Å². The van der Waals surface area contributed by atoms with E-state index < -0.39 is 0 Å². The SMILES string of the molecule is O=C(NOCc1ccccc1)c1ccc(CN2C(=O)c3ccccc3C2=O)cc1-c1ccccc1. The molecule has 172 valence electrons. The first-order valence-electron chi connectivity index (χ1n) is 11.2. The number of amides is 3. The third kappa shape index (κ3) is 4.60. The summed E-state index contributed by atoms with van der Waals surface area (Å²) in [5.74, 6) is -1.02. The number of hydrogen-bond donors (Lipinski definition) is 1. The smallest absolute Gasteiger partial charge is 0.270 e. The lowest BCUT2D eigenvalue weighted by Gasteiger charge is -2.17. The highest BCUT2D eigenvalue weighted by Gasteiger charge is 2.35. The number of hydrogen-bond acceptors (Lipinski definition) is 4. The predicted molar refractivity (Wildman–Crippen MR) is 131 cm³/mol. The maximum atomic E-state index is 13.0. The Bertz CT molecular complexity index is 1370. The molecule has 0 aromatic heterocycles. The van der Waals surface area contributed by atoms with E-state index in [2.05, 4.69) is 5.48 Å². The van der Waals surface area contributed by atoms with Gasteiger partial charge in [-0.15, -0.1) is 0 Å². The zero-order valence-corrected chi connectivity index (χ0v) is 18.8. The molecule has 35 heavy (non-hydrogen) atoms. The molecule has 0 radical (unpaired) electrons. The quantitative estimate of drug-likeness (QED) is 0.309. The van der Waals surface area contributed by atoms with E-state index in [1.54, 1.807) is 36.4 Å². The van der Waals surface area contributed by atoms with Gasteiger partial charge in [-0.1, -0.05) is 78.9 Å². The average molecular weight is 463 g/mol. The second kappa shape index (κ2) is 9.75. The molecule has 5 rings (SSSR count). The van der Waals surface area contributed by atoms with Crippen LogP contribution >= 0.6 is 0 Å². The first kappa shape index (κ1) is 22.3. The van der Waals surface area contributed by atoms with Crippen LogP contribution in [0.1, 0.15) is 42.2 Å². The molecule has 6 heteroatoms. The zero-order chi connectivity index (χ0) is 24.2. The minimum Gasteiger partial charge on any atom is -0.270 e. The minimum atomic E-state index is -0.382. The molecule has 1 heterocycles. The van der Waals surface area contributed by atoms with Crippen LogP contribution in [-0.4, -0.2) is 22.6 Å². The van der Waals surface area contributed by atoms with E-state index >= 15 is 0 Å². The molecule has 1 aliphatic rings. The largest absolute Gasteiger partial charge is 0.275 e. The number of nitrogens with zero attached hydrogens (tertiary/aromatic N) is 1. The van der Waals surface area contributed by atoms with E-state index in [4.69, 9.17) is 4.84 Å². The first-order valence-corrected chi connectivity index (χ1v) is 11.2. The van der Waals surface area contributed by atoms with Crippen LogP contribution in [0.2, 0.25) is 0 Å². The monoisotopic (exact) mass is 462 g/mol. The molecule has 3 amide bonds. The third-order valence-electron chi connectivity index (χ3n) is 5.88. The summed E-state index contributed by atoms with van der Waals surface area (Å²) in [6.45, 7) is 0.351. The minimum absolute atomic E-state index is 0.110. The molecule has 0 aliphatic carbocycles. The molecular weight excluding hydrogens is 440 g/mol. The number of imide groups is 1. The lowest BCUT2D eigenvalue weighted by atomic mass is 9.96. The molecule has 0 atom stereocenters. The summed E-state index contributed by atoms with van der Waals surface area (Å²) in [4.78, 5) is 45.3. The molecule has 6 nitrogen and oxygen atoms in total. The van der Waals surface area contributed by atoms with Gasteiger partial charge in [-0.3, -0.25) is 24.1 Å². The summed E-state index contributed by atoms with van der Waals surface area (Å²) in [7, 11) is 0. The number of carbonyl (C=O) groups excluding carboxylic acids is 3. The van der Waals surface area contributed by atoms with Crippen molar-refractivity contribution in [3.8, 4) is 11.1 Å². The van der Waals surface area contributed by atoms with Crippen molar-refractivity contribution in [3.05, 3.63) is 131 Å². The highest BCUT2D eigenvalue weighted by atomic mass is 16.6. The van der Waals surface area contributed by atoms with Crippen LogP contribution in [0.5, 0.6) is 0 Å². The van der Waals surface area contributed by atoms with Crippen molar-refractivity contribution in [1.82, 2.24) is 10.4 Å². The van der Waals surface area contributed by atoms with Gasteiger partial charge < -0.3 is 0 Å². The number of rotatable bonds is 7. The van der Waals surface area contributed by atoms with Gasteiger partial charge in [0.1, 0.15) is 0 Å². The van der Waals surface area contributed by atoms with E-state index in [0.29, 0.717) is 22.3 Å². The van der Waals surface area contributed by atoms with Gasteiger partial charge in [0.25, 0.3) is 17.7 Å². The van der Waals surface area contributed by atoms with Crippen LogP contribution in [-0.2, 0) is 18.0 Å². The van der Waals surface area contributed by atoms with Crippen molar-refractivity contribution in [2.45, 2.75) is 13.2 Å². The van der Waals surface area contributed by atoms with E-state index in [9.17, 15) is 14.4 Å². The van der Waals surface area contributed by atoms with E-state index in [0.717, 1.165) is 16.7 Å². The zero-order valence-electron chi connectivity index (χ0n) is 18.8. The molecule has 0 saturated heterocycles. The van der Waals surface area contributed by atoms with E-state index in [1.807, 2.05) is 66.7 Å². The van der Waals surface area contributed by atoms with Gasteiger partial charge in [-0.05, 0) is 46.5 Å². The third-order valence-corrected chi connectivity index (χ3v) is 5.88. The van der Waals surface area contributed by atoms with Crippen molar-refractivity contribution in [1.29, 1.82) is 0 Å². The number of hydroxylamine groups is 1. The fourth-order valence-electron chi connectivity index (χ4n) is 4.12. The molecule has 1 aliphatic heterocycles. The second-order valence-electron chi connectivity index (χ2n) is 8.19. The summed E-state index contributed by atoms with van der Waals surface area (Å²) < 4.78 is 0. The van der Waals surface area contributed by atoms with Gasteiger partial charge in [0, 0.05) is 5.56 Å². The van der Waals surface area contributed by atoms with E-state index in [-0.39, 0.29) is 30.9 Å². The summed E-state index contributed by atoms with van der Waals surface area (Å²) in [5, 5.41) is 0. The molecule has 0 saturated carbocycles. The van der Waals surface area contributed by atoms with Crippen LogP contribution < -0.4 is 5.48 Å². The van der Waals surface area contributed by atoms with Gasteiger partial charge in [0.05, 0.1) is 24.3 Å². The number of fused-ring (bicyclic) bond motifs is 1. The fourth-order valence-corrected chi connectivity index (χ4v) is 4.12. The lowest BCUT2D eigenvalue weighted by Crippen LogP contribution is -2.29. The summed E-state index contributed by atoms with van der Waals surface area (Å²) in [5.41, 5.74) is 6.96. The summed E-state index contributed by atoms with van der Waals surface area (Å²) in [6, 6.07) is 31.1. The lowest BCUT2D eigenvalue weighted by molar-refractivity contribution is 0.0234. The second-order valence-corrected chi connectivity index (χ2v) is 8.19. The van der Waals surface area contributed by atoms with E-state index in [1.165, 1.54) is 4.90 Å². The number of carbonyl (C=O) groups is 3. The van der Waals surface area contributed by atoms with Crippen LogP contribution in [0.25, 0.3) is 11.1 Å². The van der Waals surface area contributed by atoms with Gasteiger partial charge >= 0.3 is 0 Å². The Labute approximate surface area is 202 Å². The highest BCUT2D eigenvalue weighted by molar-refractivity contribution is 6.21. The average Bonchev–Trinajstić information content (AvgIpc) is 3.14. The molecule has 4 aromatic carbocycles. The molecule has 1 N–H and O–H groups in total. The molecule has 0 fully saturated rings. The van der Waals surface area contributed by atoms with Crippen molar-refractivity contribution in [3.63, 3.8) is 0 Å². The van der Waals surface area contributed by atoms with Crippen LogP contribution in [0.4, 0.5) is 0 Å². The van der Waals surface area contributed by atoms with Gasteiger partial charge in [0.2, 0.25) is 0 Å². The van der Waals surface area contributed by atoms with Crippen molar-refractivity contribution in [2.75, 3.05) is 0 Å². The molecule has 4 aromatic rings. The Kier molecular flexibility index (Phi) is 6.20. The Morgan fingerprint density at radius 2 is 1.29 bits per heavy atom. The first-order chi connectivity index (χ1) is 17.1. The maximum absolute atomic E-state index is 13.0. The maximum Gasteiger partial charge on any atom is 0.275 e. The Hall–Kier alpha value is -4.55. The summed E-state index contributed by atoms with van der Waals surface area (Å²) >= 11 is 0. The van der Waals surface area contributed by atoms with Crippen molar-refractivity contribution >= 4 is 17.7 Å². The topological polar surface area (TPSA) is 75.7 Å². The summed E-state index contributed by atoms with van der Waals surface area (Å²) in [6.07, 6.45) is 0. The number of nitrogens with one attached hydrogen (secondary N) is 1. The Morgan fingerprint density at radius 3 is 1.94 bits per heavy atom. The van der Waals surface area contributed by atoms with Gasteiger partial charge in [-0.2, -0.15) is 0 Å². The van der Waals surface area contributed by atoms with Gasteiger partial charge in [0.15, 0.2) is 0 Å². The normalized spacial score (nSPS) is 12.5.